The number of nitrogens with zero attached hydrogens (tertiary/aromatic N) is 4. The summed E-state index contributed by atoms with van der Waals surface area (Å²) < 4.78 is 11.3. The van der Waals surface area contributed by atoms with Crippen LogP contribution in [0.2, 0.25) is 0 Å². The number of rotatable bonds is 4. The van der Waals surface area contributed by atoms with Gasteiger partial charge >= 0.3 is 0 Å². The van der Waals surface area contributed by atoms with Crippen LogP contribution in [0.5, 0.6) is 0 Å². The Morgan fingerprint density at radius 1 is 1.29 bits per heavy atom. The van der Waals surface area contributed by atoms with Crippen LogP contribution in [0.1, 0.15) is 72.0 Å². The molecule has 24 heavy (non-hydrogen) atoms. The third kappa shape index (κ3) is 3.34. The second-order valence-corrected chi connectivity index (χ2v) is 7.50. The van der Waals surface area contributed by atoms with Gasteiger partial charge in [-0.1, -0.05) is 27.7 Å². The second-order valence-electron chi connectivity index (χ2n) is 6.44. The van der Waals surface area contributed by atoms with E-state index < -0.39 is 0 Å². The molecule has 0 N–H and O–H groups in total. The summed E-state index contributed by atoms with van der Waals surface area (Å²) in [5.41, 5.74) is 0. The standard InChI is InChI=1S/C16H22N4O3S/c1-9(2)13-18-19-14(23-13)11-8-22-6-5-20(11)16(21)12-7-17-15(24-12)10(3)4/h7,9-11H,5-6,8H2,1-4H3/t11-/m1/s1. The van der Waals surface area contributed by atoms with Crippen molar-refractivity contribution in [2.45, 2.75) is 45.6 Å². The lowest BCUT2D eigenvalue weighted by Crippen LogP contribution is -2.43. The monoisotopic (exact) mass is 350 g/mol. The van der Waals surface area contributed by atoms with E-state index in [1.54, 1.807) is 11.1 Å². The van der Waals surface area contributed by atoms with Gasteiger partial charge < -0.3 is 14.1 Å². The van der Waals surface area contributed by atoms with E-state index in [-0.39, 0.29) is 17.9 Å². The first kappa shape index (κ1) is 17.0. The number of ether oxygens (including phenoxy) is 1. The van der Waals surface area contributed by atoms with Gasteiger partial charge in [-0.25, -0.2) is 4.98 Å². The zero-order valence-electron chi connectivity index (χ0n) is 14.4. The third-order valence-corrected chi connectivity index (χ3v) is 5.14. The first-order chi connectivity index (χ1) is 11.5. The van der Waals surface area contributed by atoms with Gasteiger partial charge in [0.05, 0.1) is 24.4 Å². The fraction of sp³-hybridized carbons (Fsp3) is 0.625. The van der Waals surface area contributed by atoms with Crippen LogP contribution in [0.15, 0.2) is 10.6 Å². The summed E-state index contributed by atoms with van der Waals surface area (Å²) >= 11 is 1.44. The lowest BCUT2D eigenvalue weighted by atomic mass is 10.2. The zero-order valence-corrected chi connectivity index (χ0v) is 15.2. The summed E-state index contributed by atoms with van der Waals surface area (Å²) in [5.74, 6) is 1.40. The van der Waals surface area contributed by atoms with Crippen molar-refractivity contribution in [3.05, 3.63) is 27.9 Å². The highest BCUT2D eigenvalue weighted by atomic mass is 32.1. The number of morpholine rings is 1. The minimum Gasteiger partial charge on any atom is -0.423 e. The second kappa shape index (κ2) is 6.98. The Kier molecular flexibility index (Phi) is 4.96. The molecular weight excluding hydrogens is 328 g/mol. The molecule has 2 aromatic rings. The molecule has 0 unspecified atom stereocenters. The number of carbonyl (C=O) groups excluding carboxylic acids is 1. The average Bonchev–Trinajstić information content (AvgIpc) is 3.23. The van der Waals surface area contributed by atoms with Crippen molar-refractivity contribution < 1.29 is 13.9 Å². The van der Waals surface area contributed by atoms with Crippen LogP contribution >= 0.6 is 11.3 Å². The Balaban J connectivity index is 1.84. The minimum atomic E-state index is -0.351. The number of hydrogen-bond acceptors (Lipinski definition) is 7. The lowest BCUT2D eigenvalue weighted by molar-refractivity contribution is -0.0105. The van der Waals surface area contributed by atoms with Gasteiger partial charge in [0.15, 0.2) is 0 Å². The SMILES string of the molecule is CC(C)c1nnc([C@H]2COCCN2C(=O)c2cnc(C(C)C)s2)o1. The molecule has 2 aromatic heterocycles. The van der Waals surface area contributed by atoms with Crippen LogP contribution < -0.4 is 0 Å². The van der Waals surface area contributed by atoms with Gasteiger partial charge in [-0.2, -0.15) is 0 Å². The molecular formula is C16H22N4O3S. The fourth-order valence-electron chi connectivity index (χ4n) is 2.46. The van der Waals surface area contributed by atoms with E-state index in [0.717, 1.165) is 5.01 Å². The number of amides is 1. The predicted octanol–water partition coefficient (Wildman–Crippen LogP) is 2.99. The number of hydrogen-bond donors (Lipinski definition) is 0. The highest BCUT2D eigenvalue weighted by Gasteiger charge is 2.34. The quantitative estimate of drug-likeness (QED) is 0.843. The van der Waals surface area contributed by atoms with Crippen LogP contribution in [-0.4, -0.2) is 45.7 Å². The molecule has 1 saturated heterocycles. The molecule has 7 nitrogen and oxygen atoms in total. The maximum atomic E-state index is 12.9. The minimum absolute atomic E-state index is 0.0583. The first-order valence-corrected chi connectivity index (χ1v) is 8.96. The normalized spacial score (nSPS) is 18.6. The van der Waals surface area contributed by atoms with Gasteiger partial charge in [-0.15, -0.1) is 21.5 Å². The molecule has 130 valence electrons. The molecule has 3 heterocycles. The van der Waals surface area contributed by atoms with Crippen molar-refractivity contribution in [1.82, 2.24) is 20.1 Å². The van der Waals surface area contributed by atoms with Crippen LogP contribution in [0.25, 0.3) is 0 Å². The Hall–Kier alpha value is -1.80. The van der Waals surface area contributed by atoms with Crippen LogP contribution in [0, 0.1) is 0 Å². The highest BCUT2D eigenvalue weighted by Crippen LogP contribution is 2.29. The molecule has 1 aliphatic heterocycles. The third-order valence-electron chi connectivity index (χ3n) is 3.85. The number of thiazole rings is 1. The zero-order chi connectivity index (χ0) is 17.3. The van der Waals surface area contributed by atoms with E-state index in [1.807, 2.05) is 13.8 Å². The van der Waals surface area contributed by atoms with Crippen molar-refractivity contribution in [1.29, 1.82) is 0 Å². The average molecular weight is 350 g/mol. The molecule has 0 spiro atoms. The van der Waals surface area contributed by atoms with E-state index in [2.05, 4.69) is 29.0 Å². The molecule has 1 amide bonds. The summed E-state index contributed by atoms with van der Waals surface area (Å²) in [6.07, 6.45) is 1.65. The molecule has 0 bridgehead atoms. The molecule has 3 rings (SSSR count). The van der Waals surface area contributed by atoms with Gasteiger partial charge in [0.25, 0.3) is 5.91 Å². The smallest absolute Gasteiger partial charge is 0.266 e. The summed E-state index contributed by atoms with van der Waals surface area (Å²) in [6.45, 7) is 9.47. The van der Waals surface area contributed by atoms with Gasteiger partial charge in [0, 0.05) is 18.4 Å². The van der Waals surface area contributed by atoms with Crippen LogP contribution in [0.4, 0.5) is 0 Å². The predicted molar refractivity (Wildman–Crippen MR) is 89.2 cm³/mol. The molecule has 0 aliphatic carbocycles. The van der Waals surface area contributed by atoms with Crippen LogP contribution in [0.3, 0.4) is 0 Å². The maximum absolute atomic E-state index is 12.9. The molecule has 0 radical (unpaired) electrons. The summed E-state index contributed by atoms with van der Waals surface area (Å²) in [5, 5.41) is 9.14. The van der Waals surface area contributed by atoms with Gasteiger partial charge in [0.2, 0.25) is 11.8 Å². The molecule has 0 saturated carbocycles. The molecule has 8 heteroatoms. The number of aromatic nitrogens is 3. The Labute approximate surface area is 145 Å². The molecule has 1 fully saturated rings. The van der Waals surface area contributed by atoms with Crippen molar-refractivity contribution in [3.63, 3.8) is 0 Å². The van der Waals surface area contributed by atoms with Gasteiger partial charge in [0.1, 0.15) is 10.9 Å². The topological polar surface area (TPSA) is 81.4 Å². The summed E-state index contributed by atoms with van der Waals surface area (Å²) in [7, 11) is 0. The van der Waals surface area contributed by atoms with Gasteiger partial charge in [-0.05, 0) is 0 Å². The highest BCUT2D eigenvalue weighted by molar-refractivity contribution is 7.13. The molecule has 1 atom stereocenters. The Morgan fingerprint density at radius 2 is 2.08 bits per heavy atom. The van der Waals surface area contributed by atoms with E-state index in [1.165, 1.54) is 11.3 Å². The van der Waals surface area contributed by atoms with Crippen molar-refractivity contribution in [2.75, 3.05) is 19.8 Å². The van der Waals surface area contributed by atoms with E-state index in [4.69, 9.17) is 9.15 Å². The van der Waals surface area contributed by atoms with Crippen molar-refractivity contribution >= 4 is 17.2 Å². The van der Waals surface area contributed by atoms with Crippen LogP contribution in [-0.2, 0) is 4.74 Å². The maximum Gasteiger partial charge on any atom is 0.266 e. The van der Waals surface area contributed by atoms with Crippen molar-refractivity contribution in [2.24, 2.45) is 0 Å². The van der Waals surface area contributed by atoms with E-state index >= 15 is 0 Å². The summed E-state index contributed by atoms with van der Waals surface area (Å²) in [6, 6.07) is -0.351. The lowest BCUT2D eigenvalue weighted by Gasteiger charge is -2.33. The number of carbonyl (C=O) groups is 1. The largest absolute Gasteiger partial charge is 0.423 e. The fourth-order valence-corrected chi connectivity index (χ4v) is 3.34. The Morgan fingerprint density at radius 3 is 2.71 bits per heavy atom. The summed E-state index contributed by atoms with van der Waals surface area (Å²) in [4.78, 5) is 19.6. The first-order valence-electron chi connectivity index (χ1n) is 8.15. The molecule has 1 aliphatic rings. The molecule has 0 aromatic carbocycles. The Bertz CT molecular complexity index is 710. The van der Waals surface area contributed by atoms with Gasteiger partial charge in [-0.3, -0.25) is 4.79 Å². The van der Waals surface area contributed by atoms with E-state index in [9.17, 15) is 4.79 Å². The van der Waals surface area contributed by atoms with E-state index in [0.29, 0.717) is 42.3 Å². The van der Waals surface area contributed by atoms with Crippen molar-refractivity contribution in [3.8, 4) is 0 Å².